The van der Waals surface area contributed by atoms with Crippen LogP contribution in [-0.2, 0) is 24.5 Å². The number of carbonyl (C=O) groups is 1. The first-order chi connectivity index (χ1) is 18.3. The minimum absolute atomic E-state index is 0.131. The lowest BCUT2D eigenvalue weighted by atomic mass is 9.86. The summed E-state index contributed by atoms with van der Waals surface area (Å²) in [6, 6.07) is 3.10. The number of amidine groups is 1. The second-order valence-electron chi connectivity index (χ2n) is 9.02. The number of nitrogens with one attached hydrogen (secondary N) is 1. The number of esters is 1. The summed E-state index contributed by atoms with van der Waals surface area (Å²) < 4.78 is 53.6. The molecule has 1 unspecified atom stereocenters. The van der Waals surface area contributed by atoms with Crippen LogP contribution in [-0.4, -0.2) is 80.3 Å². The Morgan fingerprint density at radius 1 is 1.21 bits per heavy atom. The number of aliphatic imine (C=N–C) groups is 1. The molecule has 10 nitrogen and oxygen atoms in total. The molecule has 2 saturated heterocycles. The Labute approximate surface area is 229 Å². The molecule has 14 heteroatoms. The van der Waals surface area contributed by atoms with Crippen LogP contribution in [0.15, 0.2) is 46.0 Å². The normalized spacial score (nSPS) is 22.2. The van der Waals surface area contributed by atoms with Gasteiger partial charge < -0.3 is 14.8 Å². The van der Waals surface area contributed by atoms with Crippen LogP contribution in [0.3, 0.4) is 0 Å². The predicted molar refractivity (Wildman–Crippen MR) is 141 cm³/mol. The minimum Gasteiger partial charge on any atom is -0.466 e. The Hall–Kier alpha value is -2.42. The van der Waals surface area contributed by atoms with Crippen molar-refractivity contribution in [2.45, 2.75) is 18.9 Å². The van der Waals surface area contributed by atoms with Gasteiger partial charge in [-0.25, -0.2) is 14.2 Å². The maximum absolute atomic E-state index is 13.9. The molecule has 3 aliphatic heterocycles. The Morgan fingerprint density at radius 3 is 2.55 bits per heavy atom. The Bertz CT molecular complexity index is 1350. The van der Waals surface area contributed by atoms with Gasteiger partial charge in [-0.15, -0.1) is 11.3 Å². The van der Waals surface area contributed by atoms with Gasteiger partial charge in [-0.1, -0.05) is 17.7 Å². The van der Waals surface area contributed by atoms with Crippen LogP contribution >= 0.6 is 22.9 Å². The maximum Gasteiger partial charge on any atom is 0.338 e. The molecule has 1 N–H and O–H groups in total. The molecular formula is C24H27ClFN5O5S2. The fourth-order valence-corrected chi connectivity index (χ4v) is 7.40. The highest BCUT2D eigenvalue weighted by molar-refractivity contribution is 7.86. The molecule has 0 aliphatic carbocycles. The first-order valence-corrected chi connectivity index (χ1v) is 14.8. The topological polar surface area (TPSA) is 113 Å². The number of thiazole rings is 1. The van der Waals surface area contributed by atoms with E-state index in [1.54, 1.807) is 6.20 Å². The van der Waals surface area contributed by atoms with Gasteiger partial charge in [0.1, 0.15) is 11.9 Å². The lowest BCUT2D eigenvalue weighted by Crippen LogP contribution is -2.51. The molecule has 1 atom stereocenters. The number of hydrogen-bond acceptors (Lipinski definition) is 9. The molecule has 0 radical (unpaired) electrons. The lowest BCUT2D eigenvalue weighted by Gasteiger charge is -2.38. The van der Waals surface area contributed by atoms with E-state index in [0.717, 1.165) is 0 Å². The Balaban J connectivity index is 1.49. The predicted octanol–water partition coefficient (Wildman–Crippen LogP) is 2.74. The van der Waals surface area contributed by atoms with Crippen molar-refractivity contribution >= 4 is 45.0 Å². The molecule has 1 aromatic carbocycles. The molecule has 5 rings (SSSR count). The van der Waals surface area contributed by atoms with Gasteiger partial charge in [0.05, 0.1) is 25.9 Å². The van der Waals surface area contributed by atoms with Gasteiger partial charge in [-0.3, -0.25) is 4.99 Å². The number of halogens is 2. The minimum atomic E-state index is -3.61. The van der Waals surface area contributed by atoms with Crippen molar-refractivity contribution in [3.63, 3.8) is 0 Å². The number of rotatable bonds is 6. The van der Waals surface area contributed by atoms with E-state index < -0.39 is 28.0 Å². The Kier molecular flexibility index (Phi) is 8.12. The zero-order valence-electron chi connectivity index (χ0n) is 20.6. The number of benzene rings is 1. The second-order valence-corrected chi connectivity index (χ2v) is 12.3. The smallest absolute Gasteiger partial charge is 0.338 e. The van der Waals surface area contributed by atoms with Gasteiger partial charge in [0.25, 0.3) is 10.2 Å². The number of aromatic nitrogens is 1. The van der Waals surface area contributed by atoms with E-state index in [1.807, 2.05) is 5.38 Å². The molecular weight excluding hydrogens is 557 g/mol. The third kappa shape index (κ3) is 5.36. The molecule has 0 spiro atoms. The van der Waals surface area contributed by atoms with Crippen molar-refractivity contribution in [1.29, 1.82) is 0 Å². The van der Waals surface area contributed by atoms with E-state index in [4.69, 9.17) is 26.1 Å². The van der Waals surface area contributed by atoms with Crippen molar-refractivity contribution in [2.24, 2.45) is 10.9 Å². The molecule has 38 heavy (non-hydrogen) atoms. The number of hydrogen-bond donors (Lipinski definition) is 1. The summed E-state index contributed by atoms with van der Waals surface area (Å²) in [6.07, 6.45) is 2.60. The SMILES string of the molecule is COC(=O)C1=C(C2CCN(S(=O)(=O)N3CCOCC3)CC2)NC(c2nccs2)=NC1c1ccc(F)cc1Cl. The first-order valence-electron chi connectivity index (χ1n) is 12.1. The second kappa shape index (κ2) is 11.4. The number of carbonyl (C=O) groups excluding carboxylic acids is 1. The number of nitrogens with zero attached hydrogens (tertiary/aromatic N) is 4. The van der Waals surface area contributed by atoms with E-state index in [-0.39, 0.29) is 29.6 Å². The van der Waals surface area contributed by atoms with Crippen LogP contribution in [0.25, 0.3) is 0 Å². The zero-order chi connectivity index (χ0) is 26.9. The average molecular weight is 584 g/mol. The van der Waals surface area contributed by atoms with Gasteiger partial charge >= 0.3 is 5.97 Å². The lowest BCUT2D eigenvalue weighted by molar-refractivity contribution is -0.136. The van der Waals surface area contributed by atoms with Gasteiger partial charge in [0.2, 0.25) is 0 Å². The number of methoxy groups -OCH3 is 1. The van der Waals surface area contributed by atoms with Crippen molar-refractivity contribution in [2.75, 3.05) is 46.5 Å². The molecule has 0 bridgehead atoms. The molecule has 4 heterocycles. The highest BCUT2D eigenvalue weighted by atomic mass is 35.5. The largest absolute Gasteiger partial charge is 0.466 e. The third-order valence-electron chi connectivity index (χ3n) is 6.86. The molecule has 204 valence electrons. The quantitative estimate of drug-likeness (QED) is 0.520. The van der Waals surface area contributed by atoms with Crippen LogP contribution < -0.4 is 5.32 Å². The van der Waals surface area contributed by atoms with Crippen LogP contribution in [0.2, 0.25) is 5.02 Å². The monoisotopic (exact) mass is 583 g/mol. The van der Waals surface area contributed by atoms with Crippen molar-refractivity contribution in [1.82, 2.24) is 18.9 Å². The summed E-state index contributed by atoms with van der Waals surface area (Å²) in [5, 5.41) is 5.86. The number of ether oxygens (including phenoxy) is 2. The fourth-order valence-electron chi connectivity index (χ4n) is 4.93. The van der Waals surface area contributed by atoms with Crippen molar-refractivity contribution < 1.29 is 27.1 Å². The molecule has 2 fully saturated rings. The van der Waals surface area contributed by atoms with E-state index in [9.17, 15) is 17.6 Å². The van der Waals surface area contributed by atoms with Crippen molar-refractivity contribution in [3.8, 4) is 0 Å². The molecule has 0 amide bonds. The molecule has 0 saturated carbocycles. The summed E-state index contributed by atoms with van der Waals surface area (Å²) in [7, 11) is -2.32. The first kappa shape index (κ1) is 27.2. The van der Waals surface area contributed by atoms with E-state index in [0.29, 0.717) is 61.2 Å². The fraction of sp³-hybridized carbons (Fsp3) is 0.458. The highest BCUT2D eigenvalue weighted by Crippen LogP contribution is 2.40. The number of piperidine rings is 1. The summed E-state index contributed by atoms with van der Waals surface area (Å²) in [6.45, 7) is 1.98. The van der Waals surface area contributed by atoms with Crippen molar-refractivity contribution in [3.05, 3.63) is 62.5 Å². The zero-order valence-corrected chi connectivity index (χ0v) is 23.0. The van der Waals surface area contributed by atoms with Gasteiger partial charge in [-0.05, 0) is 25.0 Å². The summed E-state index contributed by atoms with van der Waals surface area (Å²) >= 11 is 7.80. The summed E-state index contributed by atoms with van der Waals surface area (Å²) in [4.78, 5) is 22.3. The van der Waals surface area contributed by atoms with Gasteiger partial charge in [0.15, 0.2) is 10.8 Å². The molecule has 1 aromatic heterocycles. The van der Waals surface area contributed by atoms with Crippen LogP contribution in [0.4, 0.5) is 4.39 Å². The van der Waals surface area contributed by atoms with E-state index in [2.05, 4.69) is 10.3 Å². The van der Waals surface area contributed by atoms with E-state index >= 15 is 0 Å². The van der Waals surface area contributed by atoms with Crippen LogP contribution in [0.1, 0.15) is 29.5 Å². The standard InChI is InChI=1S/C24H27ClFN5O5S2/c1-35-24(32)19-20(15-4-7-30(8-5-15)38(33,34)31-9-11-36-12-10-31)28-22(23-27-6-13-37-23)29-21(19)17-3-2-16(26)14-18(17)25/h2-3,6,13-15,21H,4-5,7-12H2,1H3,(H,28,29). The van der Waals surface area contributed by atoms with Crippen LogP contribution in [0.5, 0.6) is 0 Å². The average Bonchev–Trinajstić information content (AvgIpc) is 3.48. The van der Waals surface area contributed by atoms with Crippen LogP contribution in [0, 0.1) is 11.7 Å². The number of allylic oxidation sites excluding steroid dienone is 1. The molecule has 3 aliphatic rings. The third-order valence-corrected chi connectivity index (χ3v) is 10.00. The number of morpholine rings is 1. The highest BCUT2D eigenvalue weighted by Gasteiger charge is 2.40. The Morgan fingerprint density at radius 2 is 1.92 bits per heavy atom. The summed E-state index contributed by atoms with van der Waals surface area (Å²) in [5.74, 6) is -0.832. The molecule has 2 aromatic rings. The van der Waals surface area contributed by atoms with Gasteiger partial charge in [0, 0.05) is 60.0 Å². The summed E-state index contributed by atoms with van der Waals surface area (Å²) in [5.41, 5.74) is 1.30. The maximum atomic E-state index is 13.9. The van der Waals surface area contributed by atoms with Gasteiger partial charge in [-0.2, -0.15) is 17.0 Å². The van der Waals surface area contributed by atoms with E-state index in [1.165, 1.54) is 45.3 Å².